The third kappa shape index (κ3) is 2.86. The third-order valence-electron chi connectivity index (χ3n) is 6.07. The molecule has 0 unspecified atom stereocenters. The molecule has 1 amide bonds. The minimum atomic E-state index is -0.544. The summed E-state index contributed by atoms with van der Waals surface area (Å²) in [5.41, 5.74) is 3.32. The van der Waals surface area contributed by atoms with Crippen molar-refractivity contribution in [3.8, 4) is 11.5 Å². The molecule has 1 aromatic heterocycles. The van der Waals surface area contributed by atoms with Crippen LogP contribution in [0.2, 0.25) is 0 Å². The number of carbonyl (C=O) groups is 2. The van der Waals surface area contributed by atoms with E-state index in [9.17, 15) is 9.59 Å². The molecule has 1 saturated carbocycles. The van der Waals surface area contributed by atoms with E-state index in [0.717, 1.165) is 41.3 Å². The normalized spacial score (nSPS) is 16.5. The van der Waals surface area contributed by atoms with Crippen molar-refractivity contribution in [1.29, 1.82) is 0 Å². The summed E-state index contributed by atoms with van der Waals surface area (Å²) in [6, 6.07) is 11.4. The summed E-state index contributed by atoms with van der Waals surface area (Å²) in [5, 5.41) is 3.88. The maximum absolute atomic E-state index is 13.2. The Bertz CT molecular complexity index is 1180. The van der Waals surface area contributed by atoms with E-state index in [1.54, 1.807) is 0 Å². The Morgan fingerprint density at radius 3 is 2.57 bits per heavy atom. The summed E-state index contributed by atoms with van der Waals surface area (Å²) in [4.78, 5) is 28.4. The lowest BCUT2D eigenvalue weighted by Gasteiger charge is -2.17. The van der Waals surface area contributed by atoms with E-state index in [4.69, 9.17) is 9.47 Å². The number of aldehydes is 1. The quantitative estimate of drug-likeness (QED) is 0.619. The van der Waals surface area contributed by atoms with Gasteiger partial charge in [0.2, 0.25) is 12.7 Å². The number of fused-ring (bicyclic) bond motifs is 2. The van der Waals surface area contributed by atoms with E-state index in [2.05, 4.69) is 31.1 Å². The van der Waals surface area contributed by atoms with Crippen molar-refractivity contribution in [1.82, 2.24) is 4.98 Å². The van der Waals surface area contributed by atoms with Crippen LogP contribution in [0.5, 0.6) is 11.5 Å². The number of hydrogen-bond acceptors (Lipinski definition) is 4. The fourth-order valence-corrected chi connectivity index (χ4v) is 4.22. The Kier molecular flexibility index (Phi) is 3.97. The van der Waals surface area contributed by atoms with Crippen LogP contribution in [0, 0.1) is 0 Å². The number of carbonyl (C=O) groups excluding carboxylic acids is 2. The minimum absolute atomic E-state index is 0.0417. The Morgan fingerprint density at radius 2 is 1.87 bits per heavy atom. The van der Waals surface area contributed by atoms with Crippen molar-refractivity contribution in [3.63, 3.8) is 0 Å². The van der Waals surface area contributed by atoms with Gasteiger partial charge in [0.25, 0.3) is 0 Å². The Morgan fingerprint density at radius 1 is 1.10 bits per heavy atom. The molecule has 1 aliphatic heterocycles. The zero-order chi connectivity index (χ0) is 21.1. The molecular formula is C24H24N2O4. The van der Waals surface area contributed by atoms with Gasteiger partial charge in [-0.25, -0.2) is 0 Å². The molecule has 2 N–H and O–H groups in total. The minimum Gasteiger partial charge on any atom is -0.454 e. The first kappa shape index (κ1) is 18.7. The Labute approximate surface area is 174 Å². The molecule has 0 bridgehead atoms. The SMILES string of the molecule is CC(C)(C)c1[nH]c2ccc(NC(=O)C3(c4ccc5c(c4)OCO5)CC3)cc2c1C=O. The first-order valence-electron chi connectivity index (χ1n) is 10.1. The predicted molar refractivity (Wildman–Crippen MR) is 114 cm³/mol. The summed E-state index contributed by atoms with van der Waals surface area (Å²) in [7, 11) is 0. The molecule has 3 aromatic rings. The zero-order valence-electron chi connectivity index (χ0n) is 17.3. The number of hydrogen-bond donors (Lipinski definition) is 2. The lowest BCUT2D eigenvalue weighted by atomic mass is 9.89. The Hall–Kier alpha value is -3.28. The molecule has 2 heterocycles. The summed E-state index contributed by atoms with van der Waals surface area (Å²) >= 11 is 0. The molecule has 6 nitrogen and oxygen atoms in total. The highest BCUT2D eigenvalue weighted by Crippen LogP contribution is 2.51. The van der Waals surface area contributed by atoms with Gasteiger partial charge in [0.15, 0.2) is 17.8 Å². The lowest BCUT2D eigenvalue weighted by molar-refractivity contribution is -0.118. The van der Waals surface area contributed by atoms with Crippen molar-refractivity contribution in [2.75, 3.05) is 12.1 Å². The van der Waals surface area contributed by atoms with Crippen LogP contribution < -0.4 is 14.8 Å². The molecule has 0 radical (unpaired) electrons. The van der Waals surface area contributed by atoms with Crippen molar-refractivity contribution in [2.45, 2.75) is 44.4 Å². The van der Waals surface area contributed by atoms with Crippen LogP contribution >= 0.6 is 0 Å². The van der Waals surface area contributed by atoms with E-state index >= 15 is 0 Å². The second-order valence-electron chi connectivity index (χ2n) is 9.15. The van der Waals surface area contributed by atoms with Crippen LogP contribution in [0.1, 0.15) is 55.2 Å². The molecule has 0 saturated heterocycles. The number of benzene rings is 2. The van der Waals surface area contributed by atoms with E-state index in [-0.39, 0.29) is 18.1 Å². The number of ether oxygens (including phenoxy) is 2. The maximum Gasteiger partial charge on any atom is 0.235 e. The molecule has 0 spiro atoms. The lowest BCUT2D eigenvalue weighted by Crippen LogP contribution is -2.27. The van der Waals surface area contributed by atoms with E-state index < -0.39 is 5.41 Å². The van der Waals surface area contributed by atoms with Crippen LogP contribution in [0.3, 0.4) is 0 Å². The molecule has 30 heavy (non-hydrogen) atoms. The number of amides is 1. The number of rotatable bonds is 4. The van der Waals surface area contributed by atoms with Crippen molar-refractivity contribution in [2.24, 2.45) is 0 Å². The van der Waals surface area contributed by atoms with Crippen LogP contribution in [-0.4, -0.2) is 24.0 Å². The molecule has 5 rings (SSSR count). The van der Waals surface area contributed by atoms with Gasteiger partial charge in [0.1, 0.15) is 0 Å². The highest BCUT2D eigenvalue weighted by molar-refractivity contribution is 6.05. The highest BCUT2D eigenvalue weighted by Gasteiger charge is 2.51. The second kappa shape index (κ2) is 6.36. The van der Waals surface area contributed by atoms with Crippen molar-refractivity contribution >= 4 is 28.8 Å². The molecule has 0 atom stereocenters. The van der Waals surface area contributed by atoms with Gasteiger partial charge in [0.05, 0.1) is 5.41 Å². The smallest absolute Gasteiger partial charge is 0.235 e. The molecule has 154 valence electrons. The van der Waals surface area contributed by atoms with E-state index in [0.29, 0.717) is 22.7 Å². The largest absolute Gasteiger partial charge is 0.454 e. The van der Waals surface area contributed by atoms with Gasteiger partial charge in [-0.1, -0.05) is 26.8 Å². The second-order valence-corrected chi connectivity index (χ2v) is 9.15. The monoisotopic (exact) mass is 404 g/mol. The molecule has 2 aliphatic rings. The average molecular weight is 404 g/mol. The standard InChI is InChI=1S/C24H24N2O4/c1-23(2,3)21-17(12-27)16-11-15(5-6-18(16)26-21)25-22(28)24(8-9-24)14-4-7-19-20(10-14)30-13-29-19/h4-7,10-12,26H,8-9,13H2,1-3H3,(H,25,28). The summed E-state index contributed by atoms with van der Waals surface area (Å²) in [6.07, 6.45) is 2.47. The highest BCUT2D eigenvalue weighted by atomic mass is 16.7. The number of H-pyrrole nitrogens is 1. The fraction of sp³-hybridized carbons (Fsp3) is 0.333. The van der Waals surface area contributed by atoms with Gasteiger partial charge in [-0.15, -0.1) is 0 Å². The van der Waals surface area contributed by atoms with Crippen molar-refractivity contribution in [3.05, 3.63) is 53.2 Å². The van der Waals surface area contributed by atoms with Gasteiger partial charge in [-0.2, -0.15) is 0 Å². The fourth-order valence-electron chi connectivity index (χ4n) is 4.22. The molecule has 2 aromatic carbocycles. The average Bonchev–Trinajstić information content (AvgIpc) is 3.24. The van der Waals surface area contributed by atoms with Gasteiger partial charge >= 0.3 is 0 Å². The molecular weight excluding hydrogens is 380 g/mol. The summed E-state index contributed by atoms with van der Waals surface area (Å²) in [5.74, 6) is 1.36. The van der Waals surface area contributed by atoms with E-state index in [1.807, 2.05) is 36.4 Å². The summed E-state index contributed by atoms with van der Waals surface area (Å²) in [6.45, 7) is 6.41. The first-order chi connectivity index (χ1) is 14.3. The van der Waals surface area contributed by atoms with Crippen molar-refractivity contribution < 1.29 is 19.1 Å². The zero-order valence-corrected chi connectivity index (χ0v) is 17.3. The Balaban J connectivity index is 1.45. The van der Waals surface area contributed by atoms with Gasteiger partial charge in [0, 0.05) is 33.3 Å². The third-order valence-corrected chi connectivity index (χ3v) is 6.07. The molecule has 1 aliphatic carbocycles. The van der Waals surface area contributed by atoms with Crippen LogP contribution in [0.25, 0.3) is 10.9 Å². The molecule has 1 fully saturated rings. The van der Waals surface area contributed by atoms with Gasteiger partial charge in [-0.3, -0.25) is 9.59 Å². The summed E-state index contributed by atoms with van der Waals surface area (Å²) < 4.78 is 10.8. The van der Waals surface area contributed by atoms with Gasteiger partial charge in [-0.05, 0) is 48.7 Å². The number of aromatic amines is 1. The first-order valence-corrected chi connectivity index (χ1v) is 10.1. The van der Waals surface area contributed by atoms with Crippen LogP contribution in [-0.2, 0) is 15.6 Å². The van der Waals surface area contributed by atoms with Gasteiger partial charge < -0.3 is 19.8 Å². The van der Waals surface area contributed by atoms with E-state index in [1.165, 1.54) is 0 Å². The number of anilines is 1. The van der Waals surface area contributed by atoms with Crippen LogP contribution in [0.4, 0.5) is 5.69 Å². The topological polar surface area (TPSA) is 80.4 Å². The van der Waals surface area contributed by atoms with Crippen LogP contribution in [0.15, 0.2) is 36.4 Å². The number of nitrogens with one attached hydrogen (secondary N) is 2. The predicted octanol–water partition coefficient (Wildman–Crippen LogP) is 4.68. The number of aromatic nitrogens is 1. The maximum atomic E-state index is 13.2. The molecule has 6 heteroatoms.